The summed E-state index contributed by atoms with van der Waals surface area (Å²) in [6, 6.07) is 11.8. The van der Waals surface area contributed by atoms with Crippen LogP contribution in [0.1, 0.15) is 21.5 Å². The third kappa shape index (κ3) is 3.13. The number of nitrogens with two attached hydrogens (primary N) is 1. The highest BCUT2D eigenvalue weighted by atomic mass is 19.1. The number of aryl methyl sites for hydroxylation is 1. The Morgan fingerprint density at radius 2 is 2.05 bits per heavy atom. The van der Waals surface area contributed by atoms with Gasteiger partial charge in [0.15, 0.2) is 11.6 Å². The summed E-state index contributed by atoms with van der Waals surface area (Å²) in [6.45, 7) is 1.85. The minimum Gasteiger partial charge on any atom is -0.486 e. The van der Waals surface area contributed by atoms with Gasteiger partial charge in [-0.1, -0.05) is 24.3 Å². The fourth-order valence-corrected chi connectivity index (χ4v) is 1.78. The molecule has 104 valence electrons. The third-order valence-electron chi connectivity index (χ3n) is 2.87. The molecule has 3 N–H and O–H groups in total. The van der Waals surface area contributed by atoms with E-state index in [1.54, 1.807) is 49.4 Å². The zero-order chi connectivity index (χ0) is 14.5. The molecule has 0 aliphatic heterocycles. The second-order valence-electron chi connectivity index (χ2n) is 4.35. The molecular weight excluding hydrogens is 259 g/mol. The van der Waals surface area contributed by atoms with Crippen molar-refractivity contribution in [1.82, 2.24) is 5.43 Å². The first-order valence-electron chi connectivity index (χ1n) is 6.09. The van der Waals surface area contributed by atoms with Crippen LogP contribution >= 0.6 is 0 Å². The highest BCUT2D eigenvalue weighted by Crippen LogP contribution is 2.21. The molecule has 2 aromatic rings. The molecule has 0 atom stereocenters. The lowest BCUT2D eigenvalue weighted by Gasteiger charge is -2.09. The number of hydrazine groups is 1. The van der Waals surface area contributed by atoms with E-state index in [2.05, 4.69) is 5.43 Å². The SMILES string of the molecule is Cc1cccc(OCc2cccc(C(=O)NN)c2)c1F. The maximum absolute atomic E-state index is 13.8. The van der Waals surface area contributed by atoms with Crippen molar-refractivity contribution in [2.24, 2.45) is 5.84 Å². The van der Waals surface area contributed by atoms with Gasteiger partial charge in [0.2, 0.25) is 0 Å². The standard InChI is InChI=1S/C15H15FN2O2/c1-10-4-2-7-13(14(10)16)20-9-11-5-3-6-12(8-11)15(19)18-17/h2-8H,9,17H2,1H3,(H,18,19). The zero-order valence-corrected chi connectivity index (χ0v) is 11.0. The molecule has 0 unspecified atom stereocenters. The molecule has 5 heteroatoms. The fraction of sp³-hybridized carbons (Fsp3) is 0.133. The first-order valence-corrected chi connectivity index (χ1v) is 6.09. The van der Waals surface area contributed by atoms with Crippen molar-refractivity contribution in [2.75, 3.05) is 0 Å². The molecule has 0 heterocycles. The molecule has 4 nitrogen and oxygen atoms in total. The molecule has 0 spiro atoms. The summed E-state index contributed by atoms with van der Waals surface area (Å²) in [7, 11) is 0. The molecule has 0 aliphatic carbocycles. The number of benzene rings is 2. The minimum atomic E-state index is -0.381. The topological polar surface area (TPSA) is 64.3 Å². The van der Waals surface area contributed by atoms with Crippen molar-refractivity contribution in [3.8, 4) is 5.75 Å². The summed E-state index contributed by atoms with van der Waals surface area (Å²) in [4.78, 5) is 11.4. The van der Waals surface area contributed by atoms with E-state index < -0.39 is 0 Å². The minimum absolute atomic E-state index is 0.173. The van der Waals surface area contributed by atoms with Crippen LogP contribution in [0.3, 0.4) is 0 Å². The fourth-order valence-electron chi connectivity index (χ4n) is 1.78. The third-order valence-corrected chi connectivity index (χ3v) is 2.87. The summed E-state index contributed by atoms with van der Waals surface area (Å²) < 4.78 is 19.2. The monoisotopic (exact) mass is 274 g/mol. The van der Waals surface area contributed by atoms with Crippen molar-refractivity contribution < 1.29 is 13.9 Å². The lowest BCUT2D eigenvalue weighted by Crippen LogP contribution is -2.30. The Bertz CT molecular complexity index is 629. The lowest BCUT2D eigenvalue weighted by atomic mass is 10.1. The van der Waals surface area contributed by atoms with Crippen LogP contribution in [0.4, 0.5) is 4.39 Å². The summed E-state index contributed by atoms with van der Waals surface area (Å²) in [5, 5.41) is 0. The summed E-state index contributed by atoms with van der Waals surface area (Å²) in [5.41, 5.74) is 3.77. The van der Waals surface area contributed by atoms with E-state index in [1.165, 1.54) is 0 Å². The summed E-state index contributed by atoms with van der Waals surface area (Å²) in [6.07, 6.45) is 0. The average molecular weight is 274 g/mol. The van der Waals surface area contributed by atoms with Gasteiger partial charge in [0, 0.05) is 5.56 Å². The second kappa shape index (κ2) is 6.16. The van der Waals surface area contributed by atoms with Crippen LogP contribution in [0.2, 0.25) is 0 Å². The highest BCUT2D eigenvalue weighted by molar-refractivity contribution is 5.93. The average Bonchev–Trinajstić information content (AvgIpc) is 2.48. The summed E-state index contributed by atoms with van der Waals surface area (Å²) in [5.74, 6) is 4.52. The van der Waals surface area contributed by atoms with Crippen LogP contribution in [0.25, 0.3) is 0 Å². The second-order valence-corrected chi connectivity index (χ2v) is 4.35. The van der Waals surface area contributed by atoms with Gasteiger partial charge in [-0.2, -0.15) is 0 Å². The molecule has 0 radical (unpaired) electrons. The number of hydrogen-bond acceptors (Lipinski definition) is 3. The van der Waals surface area contributed by atoms with Crippen molar-refractivity contribution in [1.29, 1.82) is 0 Å². The van der Waals surface area contributed by atoms with E-state index in [9.17, 15) is 9.18 Å². The van der Waals surface area contributed by atoms with Crippen LogP contribution in [-0.4, -0.2) is 5.91 Å². The molecule has 2 rings (SSSR count). The normalized spacial score (nSPS) is 10.2. The maximum Gasteiger partial charge on any atom is 0.265 e. The smallest absolute Gasteiger partial charge is 0.265 e. The maximum atomic E-state index is 13.8. The van der Waals surface area contributed by atoms with Gasteiger partial charge in [-0.05, 0) is 36.2 Å². The van der Waals surface area contributed by atoms with E-state index in [0.29, 0.717) is 11.1 Å². The molecule has 1 amide bonds. The molecule has 0 saturated carbocycles. The number of carbonyl (C=O) groups excluding carboxylic acids is 1. The number of carbonyl (C=O) groups is 1. The van der Waals surface area contributed by atoms with Crippen molar-refractivity contribution in [2.45, 2.75) is 13.5 Å². The number of nitrogen functional groups attached to an aromatic ring is 1. The van der Waals surface area contributed by atoms with Crippen LogP contribution < -0.4 is 16.0 Å². The number of rotatable bonds is 4. The Labute approximate surface area is 116 Å². The predicted octanol–water partition coefficient (Wildman–Crippen LogP) is 2.32. The molecule has 0 aromatic heterocycles. The Kier molecular flexibility index (Phi) is 4.32. The Hall–Kier alpha value is -2.40. The summed E-state index contributed by atoms with van der Waals surface area (Å²) >= 11 is 0. The van der Waals surface area contributed by atoms with E-state index >= 15 is 0 Å². The lowest BCUT2D eigenvalue weighted by molar-refractivity contribution is 0.0953. The van der Waals surface area contributed by atoms with Crippen LogP contribution in [0.15, 0.2) is 42.5 Å². The number of ether oxygens (including phenoxy) is 1. The van der Waals surface area contributed by atoms with Crippen molar-refractivity contribution in [3.05, 3.63) is 65.0 Å². The molecule has 0 saturated heterocycles. The molecule has 0 fully saturated rings. The van der Waals surface area contributed by atoms with Gasteiger partial charge in [-0.15, -0.1) is 0 Å². The number of halogens is 1. The van der Waals surface area contributed by atoms with Crippen LogP contribution in [0.5, 0.6) is 5.75 Å². The molecule has 20 heavy (non-hydrogen) atoms. The molecule has 0 bridgehead atoms. The molecule has 2 aromatic carbocycles. The van der Waals surface area contributed by atoms with E-state index in [-0.39, 0.29) is 24.1 Å². The van der Waals surface area contributed by atoms with E-state index in [1.807, 2.05) is 0 Å². The van der Waals surface area contributed by atoms with Gasteiger partial charge in [-0.3, -0.25) is 10.2 Å². The van der Waals surface area contributed by atoms with Crippen LogP contribution in [0, 0.1) is 12.7 Å². The molecular formula is C15H15FN2O2. The van der Waals surface area contributed by atoms with Gasteiger partial charge in [-0.25, -0.2) is 10.2 Å². The van der Waals surface area contributed by atoms with Gasteiger partial charge < -0.3 is 4.74 Å². The Balaban J connectivity index is 2.11. The van der Waals surface area contributed by atoms with Gasteiger partial charge in [0.05, 0.1) is 0 Å². The van der Waals surface area contributed by atoms with Gasteiger partial charge in [0.25, 0.3) is 5.91 Å². The van der Waals surface area contributed by atoms with Gasteiger partial charge >= 0.3 is 0 Å². The predicted molar refractivity (Wildman–Crippen MR) is 73.6 cm³/mol. The van der Waals surface area contributed by atoms with Crippen LogP contribution in [-0.2, 0) is 6.61 Å². The Morgan fingerprint density at radius 1 is 1.30 bits per heavy atom. The first-order chi connectivity index (χ1) is 9.61. The molecule has 0 aliphatic rings. The van der Waals surface area contributed by atoms with Crippen molar-refractivity contribution >= 4 is 5.91 Å². The Morgan fingerprint density at radius 3 is 2.80 bits per heavy atom. The van der Waals surface area contributed by atoms with Gasteiger partial charge in [0.1, 0.15) is 6.61 Å². The van der Waals surface area contributed by atoms with E-state index in [4.69, 9.17) is 10.6 Å². The van der Waals surface area contributed by atoms with E-state index in [0.717, 1.165) is 5.56 Å². The largest absolute Gasteiger partial charge is 0.486 e. The number of nitrogens with one attached hydrogen (secondary N) is 1. The van der Waals surface area contributed by atoms with Crippen molar-refractivity contribution in [3.63, 3.8) is 0 Å². The highest BCUT2D eigenvalue weighted by Gasteiger charge is 2.07. The first kappa shape index (κ1) is 14.0. The number of hydrogen-bond donors (Lipinski definition) is 2. The quantitative estimate of drug-likeness (QED) is 0.511. The number of amides is 1. The zero-order valence-electron chi connectivity index (χ0n) is 11.0.